The molecule has 1 aromatic heterocycles. The van der Waals surface area contributed by atoms with E-state index in [1.165, 1.54) is 11.1 Å². The predicted molar refractivity (Wildman–Crippen MR) is 117 cm³/mol. The summed E-state index contributed by atoms with van der Waals surface area (Å²) in [6.07, 6.45) is 3.65. The zero-order valence-corrected chi connectivity index (χ0v) is 17.7. The molecule has 2 fully saturated rings. The molecule has 0 aliphatic carbocycles. The third-order valence-electron chi connectivity index (χ3n) is 6.05. The number of pyridine rings is 1. The van der Waals surface area contributed by atoms with E-state index in [-0.39, 0.29) is 6.03 Å². The van der Waals surface area contributed by atoms with Crippen molar-refractivity contribution < 1.29 is 9.53 Å². The van der Waals surface area contributed by atoms with Crippen LogP contribution in [-0.2, 0) is 11.3 Å². The van der Waals surface area contributed by atoms with Crippen LogP contribution in [0.3, 0.4) is 0 Å². The number of nitrogens with zero attached hydrogens (tertiary/aromatic N) is 4. The summed E-state index contributed by atoms with van der Waals surface area (Å²) in [7, 11) is 0. The molecule has 0 saturated carbocycles. The highest BCUT2D eigenvalue weighted by molar-refractivity contribution is 5.89. The SMILES string of the molecule is CC(c1ccc(NC(=O)N2CCN(Cc3ccncc3)CC2)cc1)N1CCOCC1. The molecule has 2 saturated heterocycles. The summed E-state index contributed by atoms with van der Waals surface area (Å²) in [6.45, 7) is 9.90. The molecule has 1 N–H and O–H groups in total. The Kier molecular flexibility index (Phi) is 6.94. The molecule has 1 aromatic carbocycles. The molecule has 1 unspecified atom stereocenters. The number of nitrogens with one attached hydrogen (secondary N) is 1. The molecule has 7 heteroatoms. The van der Waals surface area contributed by atoms with Crippen molar-refractivity contribution in [3.63, 3.8) is 0 Å². The zero-order chi connectivity index (χ0) is 20.8. The molecule has 0 bridgehead atoms. The van der Waals surface area contributed by atoms with Crippen molar-refractivity contribution in [3.05, 3.63) is 59.9 Å². The number of rotatable bonds is 5. The molecule has 30 heavy (non-hydrogen) atoms. The first-order valence-electron chi connectivity index (χ1n) is 10.8. The zero-order valence-electron chi connectivity index (χ0n) is 17.7. The van der Waals surface area contributed by atoms with Gasteiger partial charge in [-0.3, -0.25) is 14.8 Å². The maximum atomic E-state index is 12.7. The molecular formula is C23H31N5O2. The van der Waals surface area contributed by atoms with Crippen molar-refractivity contribution in [1.82, 2.24) is 19.7 Å². The van der Waals surface area contributed by atoms with Gasteiger partial charge in [-0.15, -0.1) is 0 Å². The van der Waals surface area contributed by atoms with Crippen LogP contribution in [0, 0.1) is 0 Å². The summed E-state index contributed by atoms with van der Waals surface area (Å²) in [5.74, 6) is 0. The van der Waals surface area contributed by atoms with E-state index in [1.54, 1.807) is 0 Å². The highest BCUT2D eigenvalue weighted by Gasteiger charge is 2.22. The Balaban J connectivity index is 1.25. The van der Waals surface area contributed by atoms with Crippen molar-refractivity contribution in [2.45, 2.75) is 19.5 Å². The first kappa shape index (κ1) is 20.8. The molecular weight excluding hydrogens is 378 g/mol. The standard InChI is InChI=1S/C23H31N5O2/c1-19(27-14-16-30-17-15-27)21-2-4-22(5-3-21)25-23(29)28-12-10-26(11-13-28)18-20-6-8-24-9-7-20/h2-9,19H,10-18H2,1H3,(H,25,29). The third kappa shape index (κ3) is 5.36. The van der Waals surface area contributed by atoms with Gasteiger partial charge in [-0.25, -0.2) is 4.79 Å². The van der Waals surface area contributed by atoms with Gasteiger partial charge in [0, 0.05) is 69.9 Å². The third-order valence-corrected chi connectivity index (χ3v) is 6.05. The van der Waals surface area contributed by atoms with E-state index in [1.807, 2.05) is 41.6 Å². The Morgan fingerprint density at radius 3 is 2.33 bits per heavy atom. The van der Waals surface area contributed by atoms with Crippen molar-refractivity contribution >= 4 is 11.7 Å². The number of benzene rings is 1. The molecule has 2 aromatic rings. The summed E-state index contributed by atoms with van der Waals surface area (Å²) >= 11 is 0. The topological polar surface area (TPSA) is 60.9 Å². The lowest BCUT2D eigenvalue weighted by Gasteiger charge is -2.34. The highest BCUT2D eigenvalue weighted by atomic mass is 16.5. The van der Waals surface area contributed by atoms with Gasteiger partial charge in [0.2, 0.25) is 0 Å². The average molecular weight is 410 g/mol. The smallest absolute Gasteiger partial charge is 0.321 e. The summed E-state index contributed by atoms with van der Waals surface area (Å²) in [4.78, 5) is 23.4. The molecule has 0 radical (unpaired) electrons. The number of carbonyl (C=O) groups excluding carboxylic acids is 1. The Labute approximate surface area is 178 Å². The molecule has 2 aliphatic rings. The van der Waals surface area contributed by atoms with Crippen molar-refractivity contribution in [2.75, 3.05) is 57.8 Å². The molecule has 1 atom stereocenters. The average Bonchev–Trinajstić information content (AvgIpc) is 2.81. The van der Waals surface area contributed by atoms with E-state index in [9.17, 15) is 4.79 Å². The van der Waals surface area contributed by atoms with Crippen LogP contribution in [0.1, 0.15) is 24.1 Å². The van der Waals surface area contributed by atoms with E-state index in [0.717, 1.165) is 64.7 Å². The minimum atomic E-state index is -0.0208. The van der Waals surface area contributed by atoms with Gasteiger partial charge < -0.3 is 15.0 Å². The van der Waals surface area contributed by atoms with E-state index in [0.29, 0.717) is 6.04 Å². The quantitative estimate of drug-likeness (QED) is 0.823. The van der Waals surface area contributed by atoms with Gasteiger partial charge in [0.1, 0.15) is 0 Å². The number of amides is 2. The molecule has 2 aliphatic heterocycles. The number of hydrogen-bond donors (Lipinski definition) is 1. The summed E-state index contributed by atoms with van der Waals surface area (Å²) in [5.41, 5.74) is 3.37. The number of hydrogen-bond acceptors (Lipinski definition) is 5. The summed E-state index contributed by atoms with van der Waals surface area (Å²) in [6, 6.07) is 12.7. The van der Waals surface area contributed by atoms with Crippen LogP contribution in [0.25, 0.3) is 0 Å². The second-order valence-corrected chi connectivity index (χ2v) is 8.00. The maximum absolute atomic E-state index is 12.7. The molecule has 4 rings (SSSR count). The van der Waals surface area contributed by atoms with Crippen molar-refractivity contribution in [2.24, 2.45) is 0 Å². The molecule has 160 valence electrons. The first-order valence-corrected chi connectivity index (χ1v) is 10.8. The number of ether oxygens (including phenoxy) is 1. The van der Waals surface area contributed by atoms with Gasteiger partial charge in [0.05, 0.1) is 13.2 Å². The maximum Gasteiger partial charge on any atom is 0.321 e. The number of anilines is 1. The molecule has 0 spiro atoms. The first-order chi connectivity index (χ1) is 14.7. The lowest BCUT2D eigenvalue weighted by Crippen LogP contribution is -2.49. The Bertz CT molecular complexity index is 800. The van der Waals surface area contributed by atoms with Crippen LogP contribution < -0.4 is 5.32 Å². The van der Waals surface area contributed by atoms with E-state index >= 15 is 0 Å². The lowest BCUT2D eigenvalue weighted by atomic mass is 10.1. The van der Waals surface area contributed by atoms with E-state index < -0.39 is 0 Å². The minimum Gasteiger partial charge on any atom is -0.379 e. The van der Waals surface area contributed by atoms with Gasteiger partial charge in [-0.05, 0) is 42.3 Å². The minimum absolute atomic E-state index is 0.0208. The van der Waals surface area contributed by atoms with Crippen LogP contribution in [0.2, 0.25) is 0 Å². The van der Waals surface area contributed by atoms with Gasteiger partial charge in [-0.2, -0.15) is 0 Å². The van der Waals surface area contributed by atoms with E-state index in [4.69, 9.17) is 4.74 Å². The van der Waals surface area contributed by atoms with Crippen molar-refractivity contribution in [3.8, 4) is 0 Å². The molecule has 7 nitrogen and oxygen atoms in total. The largest absolute Gasteiger partial charge is 0.379 e. The van der Waals surface area contributed by atoms with E-state index in [2.05, 4.69) is 39.2 Å². The van der Waals surface area contributed by atoms with Gasteiger partial charge >= 0.3 is 6.03 Å². The Hall–Kier alpha value is -2.48. The summed E-state index contributed by atoms with van der Waals surface area (Å²) < 4.78 is 5.44. The van der Waals surface area contributed by atoms with Crippen LogP contribution in [0.4, 0.5) is 10.5 Å². The molecule has 3 heterocycles. The highest BCUT2D eigenvalue weighted by Crippen LogP contribution is 2.23. The number of urea groups is 1. The van der Waals surface area contributed by atoms with Crippen LogP contribution in [0.15, 0.2) is 48.8 Å². The summed E-state index contributed by atoms with van der Waals surface area (Å²) in [5, 5.41) is 3.05. The fraction of sp³-hybridized carbons (Fsp3) is 0.478. The number of morpholine rings is 1. The van der Waals surface area contributed by atoms with Gasteiger partial charge in [0.15, 0.2) is 0 Å². The van der Waals surface area contributed by atoms with Crippen LogP contribution >= 0.6 is 0 Å². The second kappa shape index (κ2) is 10.0. The predicted octanol–water partition coefficient (Wildman–Crippen LogP) is 2.82. The number of carbonyl (C=O) groups is 1. The van der Waals surface area contributed by atoms with Crippen LogP contribution in [0.5, 0.6) is 0 Å². The fourth-order valence-corrected chi connectivity index (χ4v) is 4.08. The normalized spacial score (nSPS) is 19.4. The lowest BCUT2D eigenvalue weighted by molar-refractivity contribution is 0.0198. The Morgan fingerprint density at radius 1 is 1.00 bits per heavy atom. The number of piperazine rings is 1. The van der Waals surface area contributed by atoms with Gasteiger partial charge in [0.25, 0.3) is 0 Å². The van der Waals surface area contributed by atoms with Gasteiger partial charge in [-0.1, -0.05) is 12.1 Å². The van der Waals surface area contributed by atoms with Crippen molar-refractivity contribution in [1.29, 1.82) is 0 Å². The fourth-order valence-electron chi connectivity index (χ4n) is 4.08. The monoisotopic (exact) mass is 409 g/mol. The van der Waals surface area contributed by atoms with Crippen LogP contribution in [-0.4, -0.2) is 78.2 Å². The Morgan fingerprint density at radius 2 is 1.67 bits per heavy atom. The number of aromatic nitrogens is 1. The molecule has 2 amide bonds. The second-order valence-electron chi connectivity index (χ2n) is 8.00.